The number of hydrogen-bond acceptors (Lipinski definition) is 5. The molecule has 0 N–H and O–H groups in total. The van der Waals surface area contributed by atoms with Crippen molar-refractivity contribution in [3.8, 4) is 22.5 Å². The standard InChI is InChI=1S/C13H8ClN3O.C12H8ClN3/c14-12-6-11(9-4-2-1-3-5-9)16-13-10(8-18)7-15-17(12)13;13-11-8-10(9-4-2-1-3-5-9)15-12-6-7-14-16(11)12/h1-8H;1-8H. The van der Waals surface area contributed by atoms with E-state index in [0.717, 1.165) is 34.4 Å². The summed E-state index contributed by atoms with van der Waals surface area (Å²) in [5.41, 5.74) is 5.22. The molecule has 0 aliphatic carbocycles. The molecule has 0 spiro atoms. The molecule has 4 aromatic heterocycles. The SMILES string of the molecule is Clc1cc(-c2ccccc2)nc2ccnn12.O=Cc1cnn2c(Cl)cc(-c3ccccc3)nc12. The first-order valence-corrected chi connectivity index (χ1v) is 11.0. The number of hydrogen-bond donors (Lipinski definition) is 0. The van der Waals surface area contributed by atoms with E-state index in [2.05, 4.69) is 20.2 Å². The van der Waals surface area contributed by atoms with Gasteiger partial charge in [0.05, 0.1) is 29.3 Å². The van der Waals surface area contributed by atoms with Crippen LogP contribution in [-0.2, 0) is 0 Å². The van der Waals surface area contributed by atoms with E-state index in [4.69, 9.17) is 23.2 Å². The van der Waals surface area contributed by atoms with Gasteiger partial charge in [0, 0.05) is 29.3 Å². The maximum Gasteiger partial charge on any atom is 0.167 e. The summed E-state index contributed by atoms with van der Waals surface area (Å²) in [6.07, 6.45) is 3.86. The highest BCUT2D eigenvalue weighted by Gasteiger charge is 2.10. The van der Waals surface area contributed by atoms with Crippen molar-refractivity contribution >= 4 is 40.8 Å². The van der Waals surface area contributed by atoms with E-state index in [-0.39, 0.29) is 0 Å². The van der Waals surface area contributed by atoms with Gasteiger partial charge >= 0.3 is 0 Å². The second-order valence-corrected chi connectivity index (χ2v) is 7.99. The van der Waals surface area contributed by atoms with Gasteiger partial charge in [0.1, 0.15) is 10.3 Å². The maximum atomic E-state index is 10.9. The molecule has 0 atom stereocenters. The molecule has 0 bridgehead atoms. The van der Waals surface area contributed by atoms with Crippen LogP contribution in [0.2, 0.25) is 10.3 Å². The molecule has 0 amide bonds. The van der Waals surface area contributed by atoms with Gasteiger partial charge in [-0.05, 0) is 0 Å². The first-order chi connectivity index (χ1) is 16.6. The van der Waals surface area contributed by atoms with Crippen molar-refractivity contribution in [1.29, 1.82) is 0 Å². The third kappa shape index (κ3) is 4.26. The molecule has 166 valence electrons. The highest BCUT2D eigenvalue weighted by Crippen LogP contribution is 2.23. The fraction of sp³-hybridized carbons (Fsp3) is 0. The van der Waals surface area contributed by atoms with Crippen molar-refractivity contribution < 1.29 is 4.79 Å². The topological polar surface area (TPSA) is 77.5 Å². The van der Waals surface area contributed by atoms with E-state index in [9.17, 15) is 4.79 Å². The summed E-state index contributed by atoms with van der Waals surface area (Å²) in [6, 6.07) is 25.0. The molecule has 6 rings (SSSR count). The summed E-state index contributed by atoms with van der Waals surface area (Å²) in [5.74, 6) is 0. The Morgan fingerprint density at radius 3 is 1.91 bits per heavy atom. The van der Waals surface area contributed by atoms with Crippen molar-refractivity contribution in [2.24, 2.45) is 0 Å². The van der Waals surface area contributed by atoms with Crippen molar-refractivity contribution in [3.05, 3.63) is 107 Å². The lowest BCUT2D eigenvalue weighted by Gasteiger charge is -2.03. The molecule has 0 aliphatic heterocycles. The van der Waals surface area contributed by atoms with Crippen LogP contribution in [-0.4, -0.2) is 35.5 Å². The normalized spacial score (nSPS) is 10.8. The fourth-order valence-corrected chi connectivity index (χ4v) is 3.88. The van der Waals surface area contributed by atoms with Gasteiger partial charge in [-0.2, -0.15) is 10.2 Å². The van der Waals surface area contributed by atoms with Gasteiger partial charge in [0.15, 0.2) is 17.6 Å². The van der Waals surface area contributed by atoms with E-state index in [1.165, 1.54) is 10.7 Å². The molecule has 2 aromatic carbocycles. The minimum atomic E-state index is 0.423. The summed E-state index contributed by atoms with van der Waals surface area (Å²) in [7, 11) is 0. The summed E-state index contributed by atoms with van der Waals surface area (Å²) in [6.45, 7) is 0. The van der Waals surface area contributed by atoms with E-state index >= 15 is 0 Å². The second-order valence-electron chi connectivity index (χ2n) is 7.21. The largest absolute Gasteiger partial charge is 0.298 e. The third-order valence-electron chi connectivity index (χ3n) is 5.04. The summed E-state index contributed by atoms with van der Waals surface area (Å²) in [5, 5.41) is 9.08. The minimum Gasteiger partial charge on any atom is -0.298 e. The molecule has 0 fully saturated rings. The average molecular weight is 487 g/mol. The van der Waals surface area contributed by atoms with Crippen LogP contribution in [0.1, 0.15) is 10.4 Å². The predicted molar refractivity (Wildman–Crippen MR) is 132 cm³/mol. The van der Waals surface area contributed by atoms with Gasteiger partial charge in [-0.3, -0.25) is 4.79 Å². The first kappa shape index (κ1) is 21.8. The summed E-state index contributed by atoms with van der Waals surface area (Å²) >= 11 is 12.2. The summed E-state index contributed by atoms with van der Waals surface area (Å²) in [4.78, 5) is 19.8. The van der Waals surface area contributed by atoms with Crippen LogP contribution < -0.4 is 0 Å². The lowest BCUT2D eigenvalue weighted by atomic mass is 10.1. The first-order valence-electron chi connectivity index (χ1n) is 10.2. The zero-order valence-electron chi connectivity index (χ0n) is 17.6. The van der Waals surface area contributed by atoms with Crippen LogP contribution in [0.4, 0.5) is 0 Å². The number of aromatic nitrogens is 6. The van der Waals surface area contributed by atoms with Crippen molar-refractivity contribution in [3.63, 3.8) is 0 Å². The van der Waals surface area contributed by atoms with Crippen LogP contribution in [0.3, 0.4) is 0 Å². The molecule has 34 heavy (non-hydrogen) atoms. The lowest BCUT2D eigenvalue weighted by molar-refractivity contribution is 0.112. The quantitative estimate of drug-likeness (QED) is 0.229. The van der Waals surface area contributed by atoms with Crippen LogP contribution >= 0.6 is 23.2 Å². The molecule has 9 heteroatoms. The van der Waals surface area contributed by atoms with Crippen LogP contribution in [0.15, 0.2) is 91.3 Å². The molecule has 0 unspecified atom stereocenters. The zero-order valence-corrected chi connectivity index (χ0v) is 19.1. The number of carbonyl (C=O) groups excluding carboxylic acids is 1. The van der Waals surface area contributed by atoms with Gasteiger partial charge in [0.2, 0.25) is 0 Å². The van der Waals surface area contributed by atoms with Gasteiger partial charge in [-0.1, -0.05) is 83.9 Å². The molecule has 0 aliphatic rings. The Labute approximate surface area is 204 Å². The highest BCUT2D eigenvalue weighted by atomic mass is 35.5. The molecule has 0 saturated carbocycles. The number of benzene rings is 2. The Kier molecular flexibility index (Phi) is 6.03. The number of rotatable bonds is 3. The second kappa shape index (κ2) is 9.43. The predicted octanol–water partition coefficient (Wildman–Crippen LogP) is 5.91. The molecular formula is C25H16Cl2N6O. The van der Waals surface area contributed by atoms with Gasteiger partial charge < -0.3 is 0 Å². The van der Waals surface area contributed by atoms with Gasteiger partial charge in [-0.25, -0.2) is 19.0 Å². The highest BCUT2D eigenvalue weighted by molar-refractivity contribution is 6.30. The molecule has 7 nitrogen and oxygen atoms in total. The Morgan fingerprint density at radius 2 is 1.29 bits per heavy atom. The van der Waals surface area contributed by atoms with Gasteiger partial charge in [-0.15, -0.1) is 0 Å². The number of fused-ring (bicyclic) bond motifs is 2. The maximum absolute atomic E-state index is 10.9. The summed E-state index contributed by atoms with van der Waals surface area (Å²) < 4.78 is 3.05. The molecule has 4 heterocycles. The molecule has 0 saturated heterocycles. The van der Waals surface area contributed by atoms with E-state index in [1.54, 1.807) is 16.8 Å². The Hall–Kier alpha value is -4.07. The van der Waals surface area contributed by atoms with Crippen LogP contribution in [0, 0.1) is 0 Å². The van der Waals surface area contributed by atoms with E-state index in [0.29, 0.717) is 21.5 Å². The monoisotopic (exact) mass is 486 g/mol. The van der Waals surface area contributed by atoms with Crippen LogP contribution in [0.5, 0.6) is 0 Å². The van der Waals surface area contributed by atoms with Crippen molar-refractivity contribution in [2.75, 3.05) is 0 Å². The van der Waals surface area contributed by atoms with Crippen molar-refractivity contribution in [1.82, 2.24) is 29.2 Å². The average Bonchev–Trinajstić information content (AvgIpc) is 3.53. The molecular weight excluding hydrogens is 471 g/mol. The van der Waals surface area contributed by atoms with Crippen LogP contribution in [0.25, 0.3) is 33.8 Å². The van der Waals surface area contributed by atoms with Crippen molar-refractivity contribution in [2.45, 2.75) is 0 Å². The minimum absolute atomic E-state index is 0.423. The smallest absolute Gasteiger partial charge is 0.167 e. The molecule has 0 radical (unpaired) electrons. The Balaban J connectivity index is 0.000000142. The number of nitrogens with zero attached hydrogens (tertiary/aromatic N) is 6. The fourth-order valence-electron chi connectivity index (χ4n) is 3.42. The zero-order chi connectivity index (χ0) is 23.5. The number of carbonyl (C=O) groups is 1. The van der Waals surface area contributed by atoms with E-state index < -0.39 is 0 Å². The number of aldehydes is 1. The lowest BCUT2D eigenvalue weighted by Crippen LogP contribution is -1.95. The molecule has 6 aromatic rings. The third-order valence-corrected chi connectivity index (χ3v) is 5.58. The Bertz CT molecular complexity index is 1600. The number of halogens is 2. The van der Waals surface area contributed by atoms with Gasteiger partial charge in [0.25, 0.3) is 0 Å². The van der Waals surface area contributed by atoms with E-state index in [1.807, 2.05) is 72.8 Å². The Morgan fingerprint density at radius 1 is 0.706 bits per heavy atom.